The summed E-state index contributed by atoms with van der Waals surface area (Å²) in [4.78, 5) is 24.7. The van der Waals surface area contributed by atoms with Gasteiger partial charge in [0.05, 0.1) is 10.5 Å². The Labute approximate surface area is 165 Å². The Hall–Kier alpha value is -2.51. The molecule has 0 amide bonds. The average molecular weight is 401 g/mol. The fraction of sp³-hybridized carbons (Fsp3) is 0.333. The van der Waals surface area contributed by atoms with Gasteiger partial charge in [0.1, 0.15) is 0 Å². The van der Waals surface area contributed by atoms with Crippen LogP contribution in [-0.2, 0) is 27.6 Å². The molecule has 0 unspecified atom stereocenters. The van der Waals surface area contributed by atoms with Crippen molar-refractivity contribution in [1.29, 1.82) is 0 Å². The lowest BCUT2D eigenvalue weighted by atomic mass is 9.90. The van der Waals surface area contributed by atoms with Crippen molar-refractivity contribution in [2.24, 2.45) is 0 Å². The van der Waals surface area contributed by atoms with Crippen LogP contribution < -0.4 is 0 Å². The van der Waals surface area contributed by atoms with Crippen molar-refractivity contribution in [3.05, 3.63) is 64.7 Å². The number of ketones is 1. The Morgan fingerprint density at radius 1 is 0.964 bits per heavy atom. The zero-order chi connectivity index (χ0) is 20.3. The predicted octanol–water partition coefficient (Wildman–Crippen LogP) is 2.86. The van der Waals surface area contributed by atoms with Gasteiger partial charge in [-0.25, -0.2) is 17.5 Å². The van der Waals surface area contributed by atoms with Gasteiger partial charge in [-0.1, -0.05) is 18.2 Å². The van der Waals surface area contributed by atoms with Crippen LogP contribution in [0.4, 0.5) is 0 Å². The van der Waals surface area contributed by atoms with Gasteiger partial charge in [-0.3, -0.25) is 4.79 Å². The molecule has 0 aliphatic heterocycles. The molecule has 0 radical (unpaired) electrons. The van der Waals surface area contributed by atoms with E-state index in [2.05, 4.69) is 0 Å². The van der Waals surface area contributed by atoms with E-state index in [4.69, 9.17) is 4.74 Å². The van der Waals surface area contributed by atoms with Crippen LogP contribution in [0.5, 0.6) is 0 Å². The molecule has 0 fully saturated rings. The fourth-order valence-electron chi connectivity index (χ4n) is 3.20. The molecule has 2 aromatic rings. The number of rotatable bonds is 6. The summed E-state index contributed by atoms with van der Waals surface area (Å²) in [6.07, 6.45) is 4.28. The third-order valence-electron chi connectivity index (χ3n) is 4.85. The van der Waals surface area contributed by atoms with E-state index in [9.17, 15) is 18.0 Å². The van der Waals surface area contributed by atoms with Crippen molar-refractivity contribution in [3.63, 3.8) is 0 Å². The summed E-state index contributed by atoms with van der Waals surface area (Å²) in [5.74, 6) is -1.01. The molecule has 28 heavy (non-hydrogen) atoms. The number of fused-ring (bicyclic) bond motifs is 1. The molecule has 2 aromatic carbocycles. The molecule has 1 aliphatic rings. The smallest absolute Gasteiger partial charge is 0.338 e. The number of aryl methyl sites for hydroxylation is 2. The van der Waals surface area contributed by atoms with Crippen LogP contribution in [0, 0.1) is 0 Å². The Balaban J connectivity index is 1.68. The van der Waals surface area contributed by atoms with Crippen molar-refractivity contribution in [2.45, 2.75) is 30.6 Å². The normalized spacial score (nSPS) is 13.8. The minimum absolute atomic E-state index is 0.00651. The lowest BCUT2D eigenvalue weighted by Crippen LogP contribution is -2.22. The molecule has 0 saturated carbocycles. The lowest BCUT2D eigenvalue weighted by molar-refractivity contribution is 0.0474. The van der Waals surface area contributed by atoms with E-state index in [-0.39, 0.29) is 22.8 Å². The van der Waals surface area contributed by atoms with Gasteiger partial charge in [-0.05, 0) is 61.1 Å². The first-order chi connectivity index (χ1) is 13.3. The molecule has 3 rings (SSSR count). The van der Waals surface area contributed by atoms with E-state index in [0.29, 0.717) is 5.56 Å². The predicted molar refractivity (Wildman–Crippen MR) is 105 cm³/mol. The number of hydrogen-bond acceptors (Lipinski definition) is 5. The van der Waals surface area contributed by atoms with Crippen LogP contribution in [-0.4, -0.2) is 45.2 Å². The maximum absolute atomic E-state index is 12.4. The first-order valence-corrected chi connectivity index (χ1v) is 10.6. The molecule has 148 valence electrons. The summed E-state index contributed by atoms with van der Waals surface area (Å²) >= 11 is 0. The first kappa shape index (κ1) is 20.2. The summed E-state index contributed by atoms with van der Waals surface area (Å²) < 4.78 is 30.6. The van der Waals surface area contributed by atoms with Crippen LogP contribution in [0.1, 0.15) is 44.7 Å². The number of Topliss-reactive ketones (excluding diaryl/α,β-unsaturated/α-hetero) is 1. The van der Waals surface area contributed by atoms with Crippen molar-refractivity contribution in [2.75, 3.05) is 20.7 Å². The summed E-state index contributed by atoms with van der Waals surface area (Å²) in [6, 6.07) is 11.2. The highest BCUT2D eigenvalue weighted by atomic mass is 32.2. The van der Waals surface area contributed by atoms with E-state index in [1.54, 1.807) is 6.07 Å². The van der Waals surface area contributed by atoms with Gasteiger partial charge in [0, 0.05) is 19.7 Å². The van der Waals surface area contributed by atoms with Gasteiger partial charge in [0.15, 0.2) is 12.4 Å². The number of nitrogens with zero attached hydrogens (tertiary/aromatic N) is 1. The molecule has 6 nitrogen and oxygen atoms in total. The Bertz CT molecular complexity index is 1010. The number of benzene rings is 2. The molecule has 7 heteroatoms. The second-order valence-corrected chi connectivity index (χ2v) is 9.16. The van der Waals surface area contributed by atoms with E-state index >= 15 is 0 Å². The van der Waals surface area contributed by atoms with Gasteiger partial charge in [0.2, 0.25) is 10.0 Å². The highest BCUT2D eigenvalue weighted by molar-refractivity contribution is 7.89. The van der Waals surface area contributed by atoms with Crippen LogP contribution >= 0.6 is 0 Å². The number of carbonyl (C=O) groups excluding carboxylic acids is 2. The highest BCUT2D eigenvalue weighted by Crippen LogP contribution is 2.22. The molecule has 1 aliphatic carbocycles. The highest BCUT2D eigenvalue weighted by Gasteiger charge is 2.20. The van der Waals surface area contributed by atoms with Crippen LogP contribution in [0.15, 0.2) is 47.4 Å². The quantitative estimate of drug-likeness (QED) is 0.549. The molecule has 0 N–H and O–H groups in total. The molecular weight excluding hydrogens is 378 g/mol. The third-order valence-corrected chi connectivity index (χ3v) is 6.66. The minimum Gasteiger partial charge on any atom is -0.454 e. The van der Waals surface area contributed by atoms with Crippen LogP contribution in [0.3, 0.4) is 0 Å². The van der Waals surface area contributed by atoms with Crippen LogP contribution in [0.2, 0.25) is 0 Å². The van der Waals surface area contributed by atoms with Gasteiger partial charge < -0.3 is 4.74 Å². The first-order valence-electron chi connectivity index (χ1n) is 9.14. The zero-order valence-corrected chi connectivity index (χ0v) is 16.8. The fourth-order valence-corrected chi connectivity index (χ4v) is 4.15. The third kappa shape index (κ3) is 4.31. The Morgan fingerprint density at radius 2 is 1.68 bits per heavy atom. The molecular formula is C21H23NO5S. The molecule has 0 saturated heterocycles. The SMILES string of the molecule is CN(C)S(=O)(=O)c1cccc(C(=O)OCC(=O)c2ccc3c(c2)CCCC3)c1. The number of sulfonamides is 1. The minimum atomic E-state index is -3.66. The van der Waals surface area contributed by atoms with E-state index in [0.717, 1.165) is 23.6 Å². The maximum atomic E-state index is 12.4. The number of esters is 1. The molecule has 0 aromatic heterocycles. The van der Waals surface area contributed by atoms with Gasteiger partial charge in [-0.2, -0.15) is 0 Å². The van der Waals surface area contributed by atoms with E-state index < -0.39 is 16.0 Å². The average Bonchev–Trinajstić information content (AvgIpc) is 2.71. The van der Waals surface area contributed by atoms with Crippen molar-refractivity contribution >= 4 is 21.8 Å². The monoisotopic (exact) mass is 401 g/mol. The van der Waals surface area contributed by atoms with Crippen molar-refractivity contribution in [3.8, 4) is 0 Å². The summed E-state index contributed by atoms with van der Waals surface area (Å²) in [6.45, 7) is -0.387. The molecule has 0 heterocycles. The van der Waals surface area contributed by atoms with Gasteiger partial charge >= 0.3 is 5.97 Å². The van der Waals surface area contributed by atoms with Crippen LogP contribution in [0.25, 0.3) is 0 Å². The Kier molecular flexibility index (Phi) is 5.96. The van der Waals surface area contributed by atoms with Gasteiger partial charge in [0.25, 0.3) is 0 Å². The van der Waals surface area contributed by atoms with Crippen molar-refractivity contribution in [1.82, 2.24) is 4.31 Å². The van der Waals surface area contributed by atoms with E-state index in [1.807, 2.05) is 12.1 Å². The number of ether oxygens (including phenoxy) is 1. The molecule has 0 spiro atoms. The standard InChI is InChI=1S/C21H23NO5S/c1-22(2)28(25,26)19-9-5-8-18(13-19)21(24)27-14-20(23)17-11-10-15-6-3-4-7-16(15)12-17/h5,8-13H,3-4,6-7,14H2,1-2H3. The van der Waals surface area contributed by atoms with Crippen molar-refractivity contribution < 1.29 is 22.7 Å². The Morgan fingerprint density at radius 3 is 2.39 bits per heavy atom. The maximum Gasteiger partial charge on any atom is 0.338 e. The second-order valence-electron chi connectivity index (χ2n) is 7.01. The second kappa shape index (κ2) is 8.24. The van der Waals surface area contributed by atoms with E-state index in [1.165, 1.54) is 55.9 Å². The summed E-state index contributed by atoms with van der Waals surface area (Å²) in [5, 5.41) is 0. The summed E-state index contributed by atoms with van der Waals surface area (Å²) in [5.41, 5.74) is 3.07. The topological polar surface area (TPSA) is 80.8 Å². The largest absolute Gasteiger partial charge is 0.454 e. The zero-order valence-electron chi connectivity index (χ0n) is 16.0. The number of hydrogen-bond donors (Lipinski definition) is 0. The molecule has 0 atom stereocenters. The number of carbonyl (C=O) groups is 2. The lowest BCUT2D eigenvalue weighted by Gasteiger charge is -2.16. The summed E-state index contributed by atoms with van der Waals surface area (Å²) in [7, 11) is -0.829. The van der Waals surface area contributed by atoms with Gasteiger partial charge in [-0.15, -0.1) is 0 Å². The molecule has 0 bridgehead atoms.